The van der Waals surface area contributed by atoms with Gasteiger partial charge in [0.1, 0.15) is 0 Å². The molecule has 0 saturated carbocycles. The number of carbonyl (C=O) groups is 1. The summed E-state index contributed by atoms with van der Waals surface area (Å²) >= 11 is 0. The lowest BCUT2D eigenvalue weighted by atomic mass is 10.1. The Bertz CT molecular complexity index is 1050. The Labute approximate surface area is 171 Å². The summed E-state index contributed by atoms with van der Waals surface area (Å²) in [6, 6.07) is 12.6. The van der Waals surface area contributed by atoms with Gasteiger partial charge in [-0.1, -0.05) is 29.0 Å². The predicted molar refractivity (Wildman–Crippen MR) is 115 cm³/mol. The van der Waals surface area contributed by atoms with E-state index in [1.165, 1.54) is 27.9 Å². The van der Waals surface area contributed by atoms with Crippen LogP contribution in [0.2, 0.25) is 0 Å². The molecular formula is C23H27N5O. The number of carbonyl (C=O) groups excluding carboxylic acids is 1. The zero-order valence-electron chi connectivity index (χ0n) is 17.5. The van der Waals surface area contributed by atoms with Gasteiger partial charge in [0.05, 0.1) is 11.9 Å². The topological polar surface area (TPSA) is 54.3 Å². The van der Waals surface area contributed by atoms with E-state index >= 15 is 0 Å². The van der Waals surface area contributed by atoms with E-state index in [1.54, 1.807) is 10.9 Å². The van der Waals surface area contributed by atoms with E-state index in [1.807, 2.05) is 11.0 Å². The van der Waals surface area contributed by atoms with Gasteiger partial charge in [-0.3, -0.25) is 4.79 Å². The normalized spacial score (nSPS) is 14.3. The molecule has 1 aliphatic rings. The Morgan fingerprint density at radius 1 is 0.862 bits per heavy atom. The molecule has 0 atom stereocenters. The zero-order valence-corrected chi connectivity index (χ0v) is 17.5. The number of aryl methyl sites for hydroxylation is 4. The van der Waals surface area contributed by atoms with Gasteiger partial charge in [-0.15, -0.1) is 5.10 Å². The van der Waals surface area contributed by atoms with Crippen LogP contribution < -0.4 is 4.90 Å². The molecule has 0 bridgehead atoms. The van der Waals surface area contributed by atoms with Gasteiger partial charge in [0.25, 0.3) is 5.91 Å². The molecule has 1 aromatic heterocycles. The lowest BCUT2D eigenvalue weighted by molar-refractivity contribution is 0.0740. The monoisotopic (exact) mass is 389 g/mol. The Morgan fingerprint density at radius 2 is 1.62 bits per heavy atom. The smallest absolute Gasteiger partial charge is 0.276 e. The summed E-state index contributed by atoms with van der Waals surface area (Å²) in [5, 5.41) is 8.29. The van der Waals surface area contributed by atoms with E-state index in [9.17, 15) is 4.79 Å². The highest BCUT2D eigenvalue weighted by atomic mass is 16.2. The maximum absolute atomic E-state index is 12.9. The summed E-state index contributed by atoms with van der Waals surface area (Å²) in [6.07, 6.45) is 1.73. The number of nitrogens with zero attached hydrogens (tertiary/aromatic N) is 5. The van der Waals surface area contributed by atoms with E-state index in [0.29, 0.717) is 18.8 Å². The first kappa shape index (κ1) is 19.2. The average Bonchev–Trinajstić information content (AvgIpc) is 3.20. The van der Waals surface area contributed by atoms with Crippen molar-refractivity contribution in [1.29, 1.82) is 0 Å². The quantitative estimate of drug-likeness (QED) is 0.688. The molecule has 6 nitrogen and oxygen atoms in total. The van der Waals surface area contributed by atoms with Gasteiger partial charge < -0.3 is 9.80 Å². The Kier molecular flexibility index (Phi) is 5.09. The highest BCUT2D eigenvalue weighted by molar-refractivity contribution is 5.92. The van der Waals surface area contributed by atoms with Crippen molar-refractivity contribution in [1.82, 2.24) is 19.9 Å². The van der Waals surface area contributed by atoms with Crippen LogP contribution in [0.1, 0.15) is 32.7 Å². The van der Waals surface area contributed by atoms with Gasteiger partial charge in [-0.2, -0.15) is 0 Å². The lowest BCUT2D eigenvalue weighted by Crippen LogP contribution is -2.49. The molecule has 0 spiro atoms. The van der Waals surface area contributed by atoms with Crippen LogP contribution in [0, 0.1) is 27.7 Å². The summed E-state index contributed by atoms with van der Waals surface area (Å²) in [7, 11) is 0. The standard InChI is InChI=1S/C23H27N5O/c1-16-5-8-22(19(4)13-16)26-9-11-27(12-10-26)23(29)21-15-28(25-24-21)20-7-6-17(2)18(3)14-20/h5-8,13-15H,9-12H2,1-4H3. The number of rotatable bonds is 3. The third-order valence-electron chi connectivity index (χ3n) is 5.73. The number of piperazine rings is 1. The van der Waals surface area contributed by atoms with Crippen molar-refractivity contribution in [3.8, 4) is 5.69 Å². The first-order valence-electron chi connectivity index (χ1n) is 10.0. The fourth-order valence-corrected chi connectivity index (χ4v) is 3.83. The van der Waals surface area contributed by atoms with Crippen LogP contribution in [0.5, 0.6) is 0 Å². The zero-order chi connectivity index (χ0) is 20.5. The highest BCUT2D eigenvalue weighted by Crippen LogP contribution is 2.23. The molecule has 0 N–H and O–H groups in total. The average molecular weight is 390 g/mol. The molecular weight excluding hydrogens is 362 g/mol. The molecule has 1 aliphatic heterocycles. The second-order valence-corrected chi connectivity index (χ2v) is 7.89. The van der Waals surface area contributed by atoms with E-state index in [4.69, 9.17) is 0 Å². The summed E-state index contributed by atoms with van der Waals surface area (Å²) in [5.41, 5.74) is 7.53. The Hall–Kier alpha value is -3.15. The van der Waals surface area contributed by atoms with Crippen molar-refractivity contribution in [2.45, 2.75) is 27.7 Å². The molecule has 4 rings (SSSR count). The third kappa shape index (κ3) is 3.88. The molecule has 0 unspecified atom stereocenters. The number of hydrogen-bond donors (Lipinski definition) is 0. The van der Waals surface area contributed by atoms with E-state index in [0.717, 1.165) is 18.8 Å². The first-order chi connectivity index (χ1) is 13.9. The van der Waals surface area contributed by atoms with Crippen LogP contribution in [-0.4, -0.2) is 52.0 Å². The number of amides is 1. The Balaban J connectivity index is 1.43. The fraction of sp³-hybridized carbons (Fsp3) is 0.348. The van der Waals surface area contributed by atoms with Crippen LogP contribution in [0.25, 0.3) is 5.69 Å². The van der Waals surface area contributed by atoms with E-state index < -0.39 is 0 Å². The van der Waals surface area contributed by atoms with Crippen molar-refractivity contribution in [3.63, 3.8) is 0 Å². The van der Waals surface area contributed by atoms with Crippen LogP contribution in [0.15, 0.2) is 42.6 Å². The highest BCUT2D eigenvalue weighted by Gasteiger charge is 2.25. The van der Waals surface area contributed by atoms with Crippen LogP contribution in [-0.2, 0) is 0 Å². The minimum atomic E-state index is -0.0552. The van der Waals surface area contributed by atoms with Crippen LogP contribution in [0.3, 0.4) is 0 Å². The minimum Gasteiger partial charge on any atom is -0.368 e. The Morgan fingerprint density at radius 3 is 2.31 bits per heavy atom. The second kappa shape index (κ2) is 7.70. The largest absolute Gasteiger partial charge is 0.368 e. The molecule has 0 aliphatic carbocycles. The molecule has 1 amide bonds. The molecule has 3 aromatic rings. The summed E-state index contributed by atoms with van der Waals surface area (Å²) in [5.74, 6) is -0.0552. The first-order valence-corrected chi connectivity index (χ1v) is 10.0. The third-order valence-corrected chi connectivity index (χ3v) is 5.73. The lowest BCUT2D eigenvalue weighted by Gasteiger charge is -2.36. The van der Waals surface area contributed by atoms with Gasteiger partial charge >= 0.3 is 0 Å². The number of hydrogen-bond acceptors (Lipinski definition) is 4. The second-order valence-electron chi connectivity index (χ2n) is 7.89. The summed E-state index contributed by atoms with van der Waals surface area (Å²) < 4.78 is 1.67. The number of aromatic nitrogens is 3. The molecule has 1 saturated heterocycles. The van der Waals surface area contributed by atoms with Gasteiger partial charge in [0.2, 0.25) is 0 Å². The fourth-order valence-electron chi connectivity index (χ4n) is 3.83. The van der Waals surface area contributed by atoms with Gasteiger partial charge in [-0.05, 0) is 62.6 Å². The maximum atomic E-state index is 12.9. The van der Waals surface area contributed by atoms with Gasteiger partial charge in [0.15, 0.2) is 5.69 Å². The van der Waals surface area contributed by atoms with Crippen molar-refractivity contribution in [2.24, 2.45) is 0 Å². The molecule has 6 heteroatoms. The van der Waals surface area contributed by atoms with Crippen molar-refractivity contribution in [3.05, 3.63) is 70.5 Å². The predicted octanol–water partition coefficient (Wildman–Crippen LogP) is 3.46. The molecule has 2 aromatic carbocycles. The summed E-state index contributed by atoms with van der Waals surface area (Å²) in [6.45, 7) is 11.4. The SMILES string of the molecule is Cc1ccc(N2CCN(C(=O)c3cn(-c4ccc(C)c(C)c4)nn3)CC2)c(C)c1. The van der Waals surface area contributed by atoms with Crippen molar-refractivity contribution in [2.75, 3.05) is 31.1 Å². The molecule has 29 heavy (non-hydrogen) atoms. The summed E-state index contributed by atoms with van der Waals surface area (Å²) in [4.78, 5) is 17.1. The number of anilines is 1. The van der Waals surface area contributed by atoms with Crippen molar-refractivity contribution >= 4 is 11.6 Å². The molecule has 150 valence electrons. The van der Waals surface area contributed by atoms with Gasteiger partial charge in [-0.25, -0.2) is 4.68 Å². The molecule has 0 radical (unpaired) electrons. The van der Waals surface area contributed by atoms with E-state index in [2.05, 4.69) is 73.2 Å². The van der Waals surface area contributed by atoms with Gasteiger partial charge in [0, 0.05) is 31.9 Å². The maximum Gasteiger partial charge on any atom is 0.276 e. The number of benzene rings is 2. The van der Waals surface area contributed by atoms with Crippen LogP contribution >= 0.6 is 0 Å². The minimum absolute atomic E-state index is 0.0552. The van der Waals surface area contributed by atoms with E-state index in [-0.39, 0.29) is 5.91 Å². The molecule has 1 fully saturated rings. The van der Waals surface area contributed by atoms with Crippen LogP contribution in [0.4, 0.5) is 5.69 Å². The molecule has 2 heterocycles. The van der Waals surface area contributed by atoms with Crippen molar-refractivity contribution < 1.29 is 4.79 Å².